The number of ether oxygens (including phenoxy) is 1. The van der Waals surface area contributed by atoms with Gasteiger partial charge in [0.1, 0.15) is 0 Å². The van der Waals surface area contributed by atoms with Crippen molar-refractivity contribution in [1.82, 2.24) is 0 Å². The molecule has 0 aliphatic heterocycles. The quantitative estimate of drug-likeness (QED) is 0.630. The molecule has 1 aromatic heterocycles. The molecule has 0 saturated heterocycles. The highest BCUT2D eigenvalue weighted by molar-refractivity contribution is 5.95. The number of fused-ring (bicyclic) bond motifs is 1. The molecule has 17 heavy (non-hydrogen) atoms. The molecule has 1 aromatic carbocycles. The zero-order valence-corrected chi connectivity index (χ0v) is 9.43. The fourth-order valence-corrected chi connectivity index (χ4v) is 1.79. The second-order valence-corrected chi connectivity index (χ2v) is 3.76. The average Bonchev–Trinajstić information content (AvgIpc) is 2.26. The molecule has 0 saturated carbocycles. The molecule has 5 nitrogen and oxygen atoms in total. The molecule has 0 unspecified atom stereocenters. The molecular formula is C12H11NO4. The number of methoxy groups -OCH3 is 1. The number of rotatable bonds is 2. The molecule has 5 heteroatoms. The number of pyridine rings is 1. The first-order valence-electron chi connectivity index (χ1n) is 4.98. The van der Waals surface area contributed by atoms with Gasteiger partial charge in [0, 0.05) is 11.6 Å². The molecule has 0 fully saturated rings. The summed E-state index contributed by atoms with van der Waals surface area (Å²) >= 11 is 0. The Bertz CT molecular complexity index is 607. The van der Waals surface area contributed by atoms with Gasteiger partial charge in [-0.1, -0.05) is 0 Å². The van der Waals surface area contributed by atoms with E-state index in [-0.39, 0.29) is 11.3 Å². The van der Waals surface area contributed by atoms with Gasteiger partial charge >= 0.3 is 5.97 Å². The second-order valence-electron chi connectivity index (χ2n) is 3.76. The summed E-state index contributed by atoms with van der Waals surface area (Å²) in [5, 5.41) is 21.3. The topological polar surface area (TPSA) is 73.5 Å². The zero-order valence-electron chi connectivity index (χ0n) is 9.43. The van der Waals surface area contributed by atoms with E-state index >= 15 is 0 Å². The van der Waals surface area contributed by atoms with Crippen molar-refractivity contribution in [3.8, 4) is 5.75 Å². The van der Waals surface area contributed by atoms with E-state index in [4.69, 9.17) is 9.84 Å². The van der Waals surface area contributed by atoms with E-state index in [2.05, 4.69) is 0 Å². The summed E-state index contributed by atoms with van der Waals surface area (Å²) in [6.45, 7) is 1.77. The molecule has 0 bridgehead atoms. The molecule has 0 aliphatic carbocycles. The maximum Gasteiger partial charge on any atom is 0.335 e. The number of hydrogen-bond acceptors (Lipinski definition) is 3. The van der Waals surface area contributed by atoms with Gasteiger partial charge in [0.05, 0.1) is 18.1 Å². The van der Waals surface area contributed by atoms with Crippen LogP contribution in [0.1, 0.15) is 15.9 Å². The Labute approximate surface area is 97.5 Å². The molecule has 0 atom stereocenters. The number of aromatic nitrogens is 1. The highest BCUT2D eigenvalue weighted by atomic mass is 16.5. The summed E-state index contributed by atoms with van der Waals surface area (Å²) in [6.07, 6.45) is 1.42. The van der Waals surface area contributed by atoms with Crippen LogP contribution in [-0.4, -0.2) is 18.2 Å². The Hall–Kier alpha value is -2.30. The van der Waals surface area contributed by atoms with Gasteiger partial charge in [-0.2, -0.15) is 4.73 Å². The Morgan fingerprint density at radius 2 is 2.12 bits per heavy atom. The molecule has 0 aliphatic rings. The van der Waals surface area contributed by atoms with Gasteiger partial charge in [-0.3, -0.25) is 0 Å². The number of carboxylic acid groups (broad SMARTS) is 1. The number of benzene rings is 1. The SMILES string of the molecule is COc1cc(C(=O)O)cc2cc(C)c[n+]([O-])c12. The highest BCUT2D eigenvalue weighted by Crippen LogP contribution is 2.25. The summed E-state index contributed by atoms with van der Waals surface area (Å²) in [5.41, 5.74) is 1.19. The maximum absolute atomic E-state index is 11.7. The minimum absolute atomic E-state index is 0.0972. The summed E-state index contributed by atoms with van der Waals surface area (Å²) < 4.78 is 5.74. The van der Waals surface area contributed by atoms with Crippen molar-refractivity contribution in [3.05, 3.63) is 40.7 Å². The normalized spacial score (nSPS) is 10.5. The van der Waals surface area contributed by atoms with Gasteiger partial charge < -0.3 is 15.1 Å². The van der Waals surface area contributed by atoms with E-state index in [1.54, 1.807) is 13.0 Å². The number of carbonyl (C=O) groups is 1. The van der Waals surface area contributed by atoms with Crippen molar-refractivity contribution >= 4 is 16.9 Å². The smallest absolute Gasteiger partial charge is 0.335 e. The van der Waals surface area contributed by atoms with E-state index in [0.29, 0.717) is 15.6 Å². The van der Waals surface area contributed by atoms with Crippen LogP contribution >= 0.6 is 0 Å². The first-order valence-corrected chi connectivity index (χ1v) is 4.98. The summed E-state index contributed by atoms with van der Waals surface area (Å²) in [4.78, 5) is 10.9. The van der Waals surface area contributed by atoms with Crippen LogP contribution in [-0.2, 0) is 0 Å². The van der Waals surface area contributed by atoms with E-state index in [1.165, 1.54) is 25.4 Å². The van der Waals surface area contributed by atoms with Gasteiger partial charge in [-0.25, -0.2) is 4.79 Å². The Morgan fingerprint density at radius 3 is 2.71 bits per heavy atom. The van der Waals surface area contributed by atoms with Crippen molar-refractivity contribution in [2.24, 2.45) is 0 Å². The Morgan fingerprint density at radius 1 is 1.41 bits per heavy atom. The van der Waals surface area contributed by atoms with Crippen LogP contribution in [0, 0.1) is 12.1 Å². The first kappa shape index (κ1) is 11.2. The minimum atomic E-state index is -1.05. The van der Waals surface area contributed by atoms with Gasteiger partial charge in [0.25, 0.3) is 5.52 Å². The number of aromatic carboxylic acids is 1. The third kappa shape index (κ3) is 1.87. The zero-order chi connectivity index (χ0) is 12.6. The largest absolute Gasteiger partial charge is 0.618 e. The van der Waals surface area contributed by atoms with E-state index in [1.807, 2.05) is 0 Å². The van der Waals surface area contributed by atoms with Crippen molar-refractivity contribution < 1.29 is 19.4 Å². The third-order valence-electron chi connectivity index (χ3n) is 2.50. The summed E-state index contributed by atoms with van der Waals surface area (Å²) in [5.74, 6) is -0.793. The molecule has 0 radical (unpaired) electrons. The molecule has 1 heterocycles. The van der Waals surface area contributed by atoms with Gasteiger partial charge in [0.2, 0.25) is 0 Å². The molecule has 1 N–H and O–H groups in total. The van der Waals surface area contributed by atoms with Crippen molar-refractivity contribution in [3.63, 3.8) is 0 Å². The standard InChI is InChI=1S/C12H11NO4/c1-7-3-8-4-9(12(14)15)5-10(17-2)11(8)13(16)6-7/h3-6H,1-2H3,(H,14,15). The molecule has 0 amide bonds. The predicted octanol–water partition coefficient (Wildman–Crippen LogP) is 1.49. The van der Waals surface area contributed by atoms with Crippen molar-refractivity contribution in [2.75, 3.05) is 7.11 Å². The molecule has 2 aromatic rings. The maximum atomic E-state index is 11.7. The summed E-state index contributed by atoms with van der Waals surface area (Å²) in [6, 6.07) is 4.55. The van der Waals surface area contributed by atoms with E-state index < -0.39 is 5.97 Å². The van der Waals surface area contributed by atoms with Crippen LogP contribution in [0.15, 0.2) is 24.4 Å². The number of nitrogens with zero attached hydrogens (tertiary/aromatic N) is 1. The van der Waals surface area contributed by atoms with Gasteiger partial charge in [0.15, 0.2) is 11.9 Å². The second kappa shape index (κ2) is 3.93. The monoisotopic (exact) mass is 233 g/mol. The molecule has 2 rings (SSSR count). The van der Waals surface area contributed by atoms with Gasteiger partial charge in [-0.05, 0) is 19.1 Å². The van der Waals surface area contributed by atoms with Crippen molar-refractivity contribution in [1.29, 1.82) is 0 Å². The van der Waals surface area contributed by atoms with Crippen LogP contribution in [0.2, 0.25) is 0 Å². The van der Waals surface area contributed by atoms with Crippen LogP contribution in [0.5, 0.6) is 5.75 Å². The number of aryl methyl sites for hydroxylation is 1. The van der Waals surface area contributed by atoms with Crippen LogP contribution < -0.4 is 9.47 Å². The highest BCUT2D eigenvalue weighted by Gasteiger charge is 2.16. The predicted molar refractivity (Wildman–Crippen MR) is 61.2 cm³/mol. The third-order valence-corrected chi connectivity index (χ3v) is 2.50. The average molecular weight is 233 g/mol. The molecule has 0 spiro atoms. The Kier molecular flexibility index (Phi) is 2.59. The first-order chi connectivity index (χ1) is 8.02. The summed E-state index contributed by atoms with van der Waals surface area (Å²) in [7, 11) is 1.40. The van der Waals surface area contributed by atoms with Crippen LogP contribution in [0.25, 0.3) is 10.9 Å². The van der Waals surface area contributed by atoms with Gasteiger partial charge in [-0.15, -0.1) is 0 Å². The lowest BCUT2D eigenvalue weighted by Gasteiger charge is -2.08. The lowest BCUT2D eigenvalue weighted by molar-refractivity contribution is -0.577. The van der Waals surface area contributed by atoms with Crippen LogP contribution in [0.4, 0.5) is 0 Å². The van der Waals surface area contributed by atoms with E-state index in [0.717, 1.165) is 5.56 Å². The van der Waals surface area contributed by atoms with Crippen molar-refractivity contribution in [2.45, 2.75) is 6.92 Å². The fraction of sp³-hybridized carbons (Fsp3) is 0.167. The van der Waals surface area contributed by atoms with E-state index in [9.17, 15) is 10.0 Å². The lowest BCUT2D eigenvalue weighted by atomic mass is 10.1. The lowest BCUT2D eigenvalue weighted by Crippen LogP contribution is -2.27. The molecule has 88 valence electrons. The van der Waals surface area contributed by atoms with Crippen LogP contribution in [0.3, 0.4) is 0 Å². The number of hydrogen-bond donors (Lipinski definition) is 1. The minimum Gasteiger partial charge on any atom is -0.618 e. The number of carboxylic acids is 1. The Balaban J connectivity index is 2.87. The fourth-order valence-electron chi connectivity index (χ4n) is 1.79. The molecular weight excluding hydrogens is 222 g/mol.